The second-order valence-corrected chi connectivity index (χ2v) is 11.7. The van der Waals surface area contributed by atoms with E-state index in [1.54, 1.807) is 7.11 Å². The fourth-order valence-corrected chi connectivity index (χ4v) is 6.51. The van der Waals surface area contributed by atoms with Gasteiger partial charge in [-0.15, -0.1) is 50.5 Å². The molecule has 6 heteroatoms. The van der Waals surface area contributed by atoms with Crippen molar-refractivity contribution in [3.05, 3.63) is 125 Å². The highest BCUT2D eigenvalue weighted by molar-refractivity contribution is 7.81. The molecule has 5 aromatic carbocycles. The van der Waals surface area contributed by atoms with E-state index in [9.17, 15) is 5.11 Å². The van der Waals surface area contributed by atoms with Crippen molar-refractivity contribution >= 4 is 50.5 Å². The minimum atomic E-state index is -0.728. The summed E-state index contributed by atoms with van der Waals surface area (Å²) in [6, 6.07) is 34.4. The SMILES string of the molecule is COc1cccc(CO)c1C(C)(c1ccc(S)c(-c2ccccc2S)c1)c1ccc(S)c(-c2ccccc2S)c1. The molecule has 1 N–H and O–H groups in total. The van der Waals surface area contributed by atoms with E-state index in [1.807, 2.05) is 66.7 Å². The fourth-order valence-electron chi connectivity index (χ4n) is 5.43. The second kappa shape index (κ2) is 12.0. The summed E-state index contributed by atoms with van der Waals surface area (Å²) in [5.41, 5.74) is 6.95. The number of aliphatic hydroxyl groups excluding tert-OH is 1. The number of methoxy groups -OCH3 is 1. The molecule has 0 unspecified atom stereocenters. The largest absolute Gasteiger partial charge is 0.496 e. The van der Waals surface area contributed by atoms with Crippen LogP contribution < -0.4 is 4.74 Å². The van der Waals surface area contributed by atoms with E-state index in [4.69, 9.17) is 55.3 Å². The van der Waals surface area contributed by atoms with Crippen LogP contribution in [0.15, 0.2) is 123 Å². The van der Waals surface area contributed by atoms with Crippen molar-refractivity contribution in [2.75, 3.05) is 7.11 Å². The van der Waals surface area contributed by atoms with Gasteiger partial charge < -0.3 is 9.84 Å². The first-order valence-corrected chi connectivity index (χ1v) is 14.6. The standard InChI is InChI=1S/C34H30O2S4/c1-34(33-21(20-35)8-7-11-28(33)36-2,22-14-16-31(39)26(18-22)24-9-3-5-12-29(24)37)23-15-17-32(40)27(19-23)25-10-4-6-13-30(25)38/h3-19,35,37-40H,20H2,1-2H3. The Kier molecular flexibility index (Phi) is 8.64. The van der Waals surface area contributed by atoms with Gasteiger partial charge in [-0.25, -0.2) is 0 Å². The first kappa shape index (κ1) is 28.8. The van der Waals surface area contributed by atoms with Crippen molar-refractivity contribution in [3.8, 4) is 28.0 Å². The van der Waals surface area contributed by atoms with Crippen LogP contribution in [0.4, 0.5) is 0 Å². The van der Waals surface area contributed by atoms with Gasteiger partial charge in [0.05, 0.1) is 13.7 Å². The molecule has 0 amide bonds. The highest BCUT2D eigenvalue weighted by atomic mass is 32.1. The van der Waals surface area contributed by atoms with Crippen LogP contribution in [-0.4, -0.2) is 12.2 Å². The molecule has 0 saturated carbocycles. The lowest BCUT2D eigenvalue weighted by atomic mass is 9.68. The zero-order valence-corrected chi connectivity index (χ0v) is 25.7. The summed E-state index contributed by atoms with van der Waals surface area (Å²) in [7, 11) is 1.67. The summed E-state index contributed by atoms with van der Waals surface area (Å²) in [6.07, 6.45) is 0. The molecule has 5 aromatic rings. The van der Waals surface area contributed by atoms with Crippen LogP contribution in [0.25, 0.3) is 22.3 Å². The third-order valence-corrected chi connectivity index (χ3v) is 9.10. The number of rotatable bonds is 7. The topological polar surface area (TPSA) is 29.5 Å². The maximum atomic E-state index is 10.5. The molecule has 0 spiro atoms. The van der Waals surface area contributed by atoms with Gasteiger partial charge in [0.25, 0.3) is 0 Å². The molecule has 0 atom stereocenters. The third kappa shape index (κ3) is 5.19. The number of aliphatic hydroxyl groups is 1. The van der Waals surface area contributed by atoms with Gasteiger partial charge in [-0.1, -0.05) is 60.7 Å². The monoisotopic (exact) mass is 598 g/mol. The molecular formula is C34H30O2S4. The molecule has 5 rings (SSSR count). The summed E-state index contributed by atoms with van der Waals surface area (Å²) in [5, 5.41) is 10.5. The zero-order chi connectivity index (χ0) is 28.4. The summed E-state index contributed by atoms with van der Waals surface area (Å²) in [6.45, 7) is 2.05. The highest BCUT2D eigenvalue weighted by Crippen LogP contribution is 2.48. The van der Waals surface area contributed by atoms with E-state index in [0.717, 1.165) is 64.1 Å². The number of hydrogen-bond acceptors (Lipinski definition) is 6. The van der Waals surface area contributed by atoms with Gasteiger partial charge >= 0.3 is 0 Å². The molecule has 0 aliphatic carbocycles. The third-order valence-electron chi connectivity index (χ3n) is 7.54. The quantitative estimate of drug-likeness (QED) is 0.0956. The van der Waals surface area contributed by atoms with Crippen molar-refractivity contribution in [2.45, 2.75) is 38.5 Å². The number of hydrogen-bond donors (Lipinski definition) is 5. The number of thiol groups is 4. The molecule has 0 radical (unpaired) electrons. The van der Waals surface area contributed by atoms with Gasteiger partial charge in [0, 0.05) is 30.6 Å². The summed E-state index contributed by atoms with van der Waals surface area (Å²) in [4.78, 5) is 3.45. The molecule has 0 heterocycles. The Hall–Kier alpha value is -2.74. The van der Waals surface area contributed by atoms with Crippen LogP contribution in [0.5, 0.6) is 5.75 Å². The molecule has 0 aromatic heterocycles. The molecular weight excluding hydrogens is 569 g/mol. The average Bonchev–Trinajstić information content (AvgIpc) is 2.97. The molecule has 2 nitrogen and oxygen atoms in total. The minimum Gasteiger partial charge on any atom is -0.496 e. The van der Waals surface area contributed by atoms with Crippen molar-refractivity contribution in [3.63, 3.8) is 0 Å². The van der Waals surface area contributed by atoms with Crippen molar-refractivity contribution in [2.24, 2.45) is 0 Å². The van der Waals surface area contributed by atoms with E-state index in [-0.39, 0.29) is 6.61 Å². The smallest absolute Gasteiger partial charge is 0.123 e. The second-order valence-electron chi connectivity index (χ2n) is 9.78. The first-order valence-electron chi connectivity index (χ1n) is 12.8. The minimum absolute atomic E-state index is 0.129. The normalized spacial score (nSPS) is 11.5. The fraction of sp³-hybridized carbons (Fsp3) is 0.118. The maximum absolute atomic E-state index is 10.5. The van der Waals surface area contributed by atoms with E-state index < -0.39 is 5.41 Å². The lowest BCUT2D eigenvalue weighted by Gasteiger charge is -2.35. The lowest BCUT2D eigenvalue weighted by Crippen LogP contribution is -2.28. The number of benzene rings is 5. The Morgan fingerprint density at radius 1 is 0.600 bits per heavy atom. The highest BCUT2D eigenvalue weighted by Gasteiger charge is 2.37. The molecule has 0 aliphatic heterocycles. The molecule has 0 aliphatic rings. The van der Waals surface area contributed by atoms with Crippen LogP contribution in [0.3, 0.4) is 0 Å². The predicted molar refractivity (Wildman–Crippen MR) is 177 cm³/mol. The van der Waals surface area contributed by atoms with Gasteiger partial charge in [-0.05, 0) is 88.3 Å². The van der Waals surface area contributed by atoms with Crippen molar-refractivity contribution in [1.82, 2.24) is 0 Å². The molecule has 0 fully saturated rings. The molecule has 0 bridgehead atoms. The van der Waals surface area contributed by atoms with Gasteiger partial charge in [0.2, 0.25) is 0 Å². The van der Waals surface area contributed by atoms with E-state index in [2.05, 4.69) is 43.3 Å². The van der Waals surface area contributed by atoms with E-state index >= 15 is 0 Å². The summed E-state index contributed by atoms with van der Waals surface area (Å²) >= 11 is 19.1. The van der Waals surface area contributed by atoms with Crippen LogP contribution >= 0.6 is 50.5 Å². The molecule has 40 heavy (non-hydrogen) atoms. The lowest BCUT2D eigenvalue weighted by molar-refractivity contribution is 0.278. The molecule has 0 saturated heterocycles. The molecule has 202 valence electrons. The van der Waals surface area contributed by atoms with Crippen molar-refractivity contribution in [1.29, 1.82) is 0 Å². The summed E-state index contributed by atoms with van der Waals surface area (Å²) < 4.78 is 5.93. The Morgan fingerprint density at radius 3 is 1.52 bits per heavy atom. The summed E-state index contributed by atoms with van der Waals surface area (Å²) in [5.74, 6) is 0.700. The Bertz CT molecular complexity index is 1580. The Balaban J connectivity index is 1.86. The van der Waals surface area contributed by atoms with Crippen LogP contribution in [0.2, 0.25) is 0 Å². The average molecular weight is 599 g/mol. The van der Waals surface area contributed by atoms with Crippen LogP contribution in [0.1, 0.15) is 29.2 Å². The van der Waals surface area contributed by atoms with Gasteiger partial charge in [-0.3, -0.25) is 0 Å². The van der Waals surface area contributed by atoms with Crippen molar-refractivity contribution < 1.29 is 9.84 Å². The van der Waals surface area contributed by atoms with Gasteiger partial charge in [0.1, 0.15) is 5.75 Å². The van der Waals surface area contributed by atoms with Gasteiger partial charge in [0.15, 0.2) is 0 Å². The van der Waals surface area contributed by atoms with E-state index in [1.165, 1.54) is 0 Å². The van der Waals surface area contributed by atoms with Crippen LogP contribution in [-0.2, 0) is 12.0 Å². The Labute approximate surface area is 258 Å². The van der Waals surface area contributed by atoms with Crippen LogP contribution in [0, 0.1) is 0 Å². The predicted octanol–water partition coefficient (Wildman–Crippen LogP) is 9.03. The maximum Gasteiger partial charge on any atom is 0.123 e. The Morgan fingerprint density at radius 2 is 1.07 bits per heavy atom. The first-order chi connectivity index (χ1) is 19.3. The van der Waals surface area contributed by atoms with Gasteiger partial charge in [-0.2, -0.15) is 0 Å². The zero-order valence-electron chi connectivity index (χ0n) is 22.2. The van der Waals surface area contributed by atoms with E-state index in [0.29, 0.717) is 5.75 Å². The number of ether oxygens (including phenoxy) is 1.